The molecule has 3 heterocycles. The van der Waals surface area contributed by atoms with Crippen molar-refractivity contribution >= 4 is 46.3 Å². The van der Waals surface area contributed by atoms with Gasteiger partial charge in [0.2, 0.25) is 29.5 Å². The van der Waals surface area contributed by atoms with Crippen LogP contribution < -0.4 is 31.3 Å². The van der Waals surface area contributed by atoms with E-state index in [0.717, 1.165) is 16.5 Å². The number of para-hydroxylation sites is 1. The van der Waals surface area contributed by atoms with Crippen molar-refractivity contribution < 1.29 is 33.5 Å². The molecular formula is C42H54N8O7. The molecule has 2 aromatic heterocycles. The molecule has 1 fully saturated rings. The molecule has 304 valence electrons. The molecule has 15 heteroatoms. The summed E-state index contributed by atoms with van der Waals surface area (Å²) in [5.41, 5.74) is 2.55. The second-order valence-electron chi connectivity index (χ2n) is 15.3. The van der Waals surface area contributed by atoms with Gasteiger partial charge < -0.3 is 46.2 Å². The van der Waals surface area contributed by atoms with Gasteiger partial charge in [-0.15, -0.1) is 0 Å². The Morgan fingerprint density at radius 3 is 2.09 bits per heavy atom. The Hall–Kier alpha value is -6.12. The molecule has 0 spiro atoms. The van der Waals surface area contributed by atoms with E-state index in [9.17, 15) is 28.8 Å². The molecule has 0 aliphatic carbocycles. The highest BCUT2D eigenvalue weighted by Gasteiger charge is 2.34. The maximum Gasteiger partial charge on any atom is 0.270 e. The third kappa shape index (κ3) is 11.2. The molecule has 0 radical (unpaired) electrons. The molecule has 1 aliphatic heterocycles. The molecule has 7 N–H and O–H groups in total. The van der Waals surface area contributed by atoms with Gasteiger partial charge >= 0.3 is 0 Å². The number of fused-ring (bicyclic) bond motifs is 1. The Balaban J connectivity index is 1.54. The number of hydrogen-bond donors (Lipinski definition) is 7. The molecule has 5 atom stereocenters. The highest BCUT2D eigenvalue weighted by Crippen LogP contribution is 2.20. The molecule has 15 nitrogen and oxygen atoms in total. The number of hydrogen-bond acceptors (Lipinski definition) is 7. The maximum absolute atomic E-state index is 14.3. The van der Waals surface area contributed by atoms with Gasteiger partial charge in [-0.3, -0.25) is 28.8 Å². The third-order valence-electron chi connectivity index (χ3n) is 10.1. The number of nitrogens with zero attached hydrogens (tertiary/aromatic N) is 1. The van der Waals surface area contributed by atoms with Crippen LogP contribution in [0.4, 0.5) is 0 Å². The fourth-order valence-corrected chi connectivity index (χ4v) is 6.80. The summed E-state index contributed by atoms with van der Waals surface area (Å²) in [6.07, 6.45) is 3.72. The van der Waals surface area contributed by atoms with Crippen LogP contribution in [0.5, 0.6) is 5.75 Å². The predicted octanol–water partition coefficient (Wildman–Crippen LogP) is 2.59. The van der Waals surface area contributed by atoms with Gasteiger partial charge in [0, 0.05) is 48.7 Å². The normalized spacial score (nSPS) is 21.9. The lowest BCUT2D eigenvalue weighted by Crippen LogP contribution is -2.60. The number of aromatic amines is 2. The Kier molecular flexibility index (Phi) is 14.1. The van der Waals surface area contributed by atoms with Crippen LogP contribution in [-0.4, -0.2) is 101 Å². The van der Waals surface area contributed by atoms with Crippen molar-refractivity contribution in [3.05, 3.63) is 89.9 Å². The summed E-state index contributed by atoms with van der Waals surface area (Å²) in [5, 5.41) is 15.1. The first kappa shape index (κ1) is 42.0. The first-order valence-electron chi connectivity index (χ1n) is 19.3. The number of carbonyl (C=O) groups is 6. The van der Waals surface area contributed by atoms with Crippen LogP contribution >= 0.6 is 0 Å². The van der Waals surface area contributed by atoms with Gasteiger partial charge in [-0.05, 0) is 66.6 Å². The van der Waals surface area contributed by atoms with E-state index >= 15 is 0 Å². The monoisotopic (exact) mass is 782 g/mol. The van der Waals surface area contributed by atoms with Crippen LogP contribution in [0.2, 0.25) is 0 Å². The van der Waals surface area contributed by atoms with Gasteiger partial charge in [0.15, 0.2) is 0 Å². The van der Waals surface area contributed by atoms with Crippen molar-refractivity contribution in [2.24, 2.45) is 11.8 Å². The van der Waals surface area contributed by atoms with E-state index in [1.54, 1.807) is 55.9 Å². The average molecular weight is 783 g/mol. The van der Waals surface area contributed by atoms with Gasteiger partial charge in [0.05, 0.1) is 13.7 Å². The topological polar surface area (TPSA) is 207 Å². The summed E-state index contributed by atoms with van der Waals surface area (Å²) in [6, 6.07) is 12.8. The van der Waals surface area contributed by atoms with Crippen molar-refractivity contribution in [1.82, 2.24) is 41.5 Å². The minimum absolute atomic E-state index is 0.0543. The molecule has 0 unspecified atom stereocenters. The highest BCUT2D eigenvalue weighted by atomic mass is 16.5. The molecule has 4 aromatic rings. The van der Waals surface area contributed by atoms with E-state index in [2.05, 4.69) is 36.6 Å². The number of carbonyl (C=O) groups excluding carboxylic acids is 6. The van der Waals surface area contributed by atoms with Crippen molar-refractivity contribution in [1.29, 1.82) is 0 Å². The fourth-order valence-electron chi connectivity index (χ4n) is 6.80. The Morgan fingerprint density at radius 1 is 0.754 bits per heavy atom. The van der Waals surface area contributed by atoms with Crippen LogP contribution in [-0.2, 0) is 36.8 Å². The zero-order chi connectivity index (χ0) is 41.2. The third-order valence-corrected chi connectivity index (χ3v) is 10.1. The molecular weight excluding hydrogens is 729 g/mol. The smallest absolute Gasteiger partial charge is 0.270 e. The summed E-state index contributed by atoms with van der Waals surface area (Å²) < 4.78 is 5.28. The second kappa shape index (κ2) is 19.2. The molecule has 6 amide bonds. The molecule has 5 rings (SSSR count). The van der Waals surface area contributed by atoms with E-state index in [1.165, 1.54) is 11.8 Å². The van der Waals surface area contributed by atoms with Crippen LogP contribution in [0.25, 0.3) is 10.9 Å². The van der Waals surface area contributed by atoms with Crippen LogP contribution in [0.1, 0.15) is 62.7 Å². The van der Waals surface area contributed by atoms with Gasteiger partial charge in [-0.1, -0.05) is 58.0 Å². The van der Waals surface area contributed by atoms with Crippen LogP contribution in [0.3, 0.4) is 0 Å². The van der Waals surface area contributed by atoms with Crippen LogP contribution in [0, 0.1) is 11.8 Å². The van der Waals surface area contributed by atoms with Gasteiger partial charge in [-0.25, -0.2) is 0 Å². The standard InChI is InChI=1S/C42H54N8O7/c1-24(2)18-33-40(54)48-34(19-27-13-15-29(57-6)16-14-27)39(53)45-26(5)38(52)49-36(25(3)4)22-50(42(56)32-12-9-17-43-32)23-37(51)46-35(41(55)47-33)20-28-21-44-31-11-8-7-10-30(28)31/h7-17,21,24-26,33-36,43-44H,18-20,22-23H2,1-6H3,(H,45,53)(H,46,51)(H,47,55)(H,48,54)(H,49,52)/t26-,33+,34+,35-,36-/m1/s1. The van der Waals surface area contributed by atoms with Crippen LogP contribution in [0.15, 0.2) is 73.1 Å². The molecule has 57 heavy (non-hydrogen) atoms. The van der Waals surface area contributed by atoms with E-state index in [4.69, 9.17) is 4.74 Å². The number of benzene rings is 2. The minimum atomic E-state index is -1.17. The fraction of sp³-hybridized carbons (Fsp3) is 0.429. The van der Waals surface area contributed by atoms with E-state index in [0.29, 0.717) is 11.3 Å². The summed E-state index contributed by atoms with van der Waals surface area (Å²) >= 11 is 0. The first-order valence-corrected chi connectivity index (χ1v) is 19.3. The zero-order valence-corrected chi connectivity index (χ0v) is 33.3. The van der Waals surface area contributed by atoms with E-state index in [-0.39, 0.29) is 43.3 Å². The Bertz CT molecular complexity index is 2020. The predicted molar refractivity (Wildman–Crippen MR) is 215 cm³/mol. The lowest BCUT2D eigenvalue weighted by molar-refractivity contribution is -0.135. The highest BCUT2D eigenvalue weighted by molar-refractivity contribution is 5.98. The number of amides is 6. The zero-order valence-electron chi connectivity index (χ0n) is 33.3. The minimum Gasteiger partial charge on any atom is -0.497 e. The quantitative estimate of drug-likeness (QED) is 0.135. The average Bonchev–Trinajstić information content (AvgIpc) is 3.87. The van der Waals surface area contributed by atoms with E-state index in [1.807, 2.05) is 52.0 Å². The lowest BCUT2D eigenvalue weighted by Gasteiger charge is -2.32. The van der Waals surface area contributed by atoms with Gasteiger partial charge in [-0.2, -0.15) is 0 Å². The van der Waals surface area contributed by atoms with Crippen molar-refractivity contribution in [2.45, 2.75) is 84.1 Å². The number of ether oxygens (including phenoxy) is 1. The van der Waals surface area contributed by atoms with Gasteiger partial charge in [0.25, 0.3) is 5.91 Å². The number of H-pyrrole nitrogens is 2. The lowest BCUT2D eigenvalue weighted by atomic mass is 9.99. The summed E-state index contributed by atoms with van der Waals surface area (Å²) in [5.74, 6) is -3.09. The Labute approximate surface area is 332 Å². The molecule has 0 bridgehead atoms. The molecule has 1 aliphatic rings. The molecule has 1 saturated heterocycles. The molecule has 0 saturated carbocycles. The first-order chi connectivity index (χ1) is 27.2. The summed E-state index contributed by atoms with van der Waals surface area (Å²) in [7, 11) is 1.54. The van der Waals surface area contributed by atoms with Crippen molar-refractivity contribution in [3.8, 4) is 5.75 Å². The number of rotatable bonds is 9. The maximum atomic E-state index is 14.3. The Morgan fingerprint density at radius 2 is 1.42 bits per heavy atom. The van der Waals surface area contributed by atoms with Crippen molar-refractivity contribution in [2.75, 3.05) is 20.2 Å². The van der Waals surface area contributed by atoms with Gasteiger partial charge in [0.1, 0.15) is 35.6 Å². The number of aromatic nitrogens is 2. The second-order valence-corrected chi connectivity index (χ2v) is 15.3. The summed E-state index contributed by atoms with van der Waals surface area (Å²) in [4.78, 5) is 91.4. The molecule has 2 aromatic carbocycles. The van der Waals surface area contributed by atoms with E-state index < -0.39 is 72.2 Å². The van der Waals surface area contributed by atoms with Crippen molar-refractivity contribution in [3.63, 3.8) is 0 Å². The number of methoxy groups -OCH3 is 1. The summed E-state index contributed by atoms with van der Waals surface area (Å²) in [6.45, 7) is 8.57. The largest absolute Gasteiger partial charge is 0.497 e. The SMILES string of the molecule is COc1ccc(C[C@@H]2NC(=O)[C@H](CC(C)C)NC(=O)[C@@H](Cc3c[nH]c4ccccc34)NC(=O)CN(C(=O)c3ccc[nH]3)C[C@H](C(C)C)NC(=O)[C@@H](C)NC2=O)cc1. The number of nitrogens with one attached hydrogen (secondary N) is 7.